The Balaban J connectivity index is 1.42. The molecule has 49 heavy (non-hydrogen) atoms. The topological polar surface area (TPSA) is 95.0 Å². The molecule has 7 nitrogen and oxygen atoms in total. The number of halogens is 9. The number of imide groups is 2. The molecule has 4 amide bonds. The summed E-state index contributed by atoms with van der Waals surface area (Å²) in [5, 5.41) is 12.4. The van der Waals surface area contributed by atoms with E-state index in [9.17, 15) is 50.6 Å². The molecule has 3 fully saturated rings. The fourth-order valence-corrected chi connectivity index (χ4v) is 9.39. The van der Waals surface area contributed by atoms with E-state index in [4.69, 9.17) is 23.2 Å². The number of likely N-dealkylation sites (tertiary alicyclic amines) is 1. The van der Waals surface area contributed by atoms with Crippen LogP contribution in [0, 0.1) is 17.8 Å². The molecule has 2 aliphatic heterocycles. The Morgan fingerprint density at radius 1 is 0.857 bits per heavy atom. The van der Waals surface area contributed by atoms with Gasteiger partial charge in [0.1, 0.15) is 5.75 Å². The van der Waals surface area contributed by atoms with Gasteiger partial charge in [0.25, 0.3) is 11.8 Å². The Morgan fingerprint density at radius 2 is 1.49 bits per heavy atom. The summed E-state index contributed by atoms with van der Waals surface area (Å²) in [6, 6.07) is 10.2. The molecule has 2 saturated heterocycles. The minimum absolute atomic E-state index is 0.112. The van der Waals surface area contributed by atoms with Gasteiger partial charge in [0.15, 0.2) is 9.75 Å². The first kappa shape index (κ1) is 33.9. The van der Waals surface area contributed by atoms with E-state index >= 15 is 0 Å². The third kappa shape index (κ3) is 4.62. The molecule has 2 aliphatic carbocycles. The number of hydrogen-bond acceptors (Lipinski definition) is 5. The number of carbonyl (C=O) groups is 4. The van der Waals surface area contributed by atoms with Crippen molar-refractivity contribution in [3.05, 3.63) is 82.9 Å². The first-order valence-corrected chi connectivity index (χ1v) is 16.6. The van der Waals surface area contributed by atoms with Crippen LogP contribution in [-0.4, -0.2) is 48.8 Å². The molecule has 0 radical (unpaired) electrons. The molecule has 6 atom stereocenters. The number of allylic oxidation sites excluding steroid dienone is 2. The van der Waals surface area contributed by atoms with Crippen molar-refractivity contribution in [1.29, 1.82) is 0 Å². The molecule has 3 aromatic carbocycles. The predicted molar refractivity (Wildman–Crippen MR) is 168 cm³/mol. The van der Waals surface area contributed by atoms with Crippen molar-refractivity contribution in [2.24, 2.45) is 17.8 Å². The van der Waals surface area contributed by atoms with Crippen LogP contribution in [0.1, 0.15) is 35.4 Å². The summed E-state index contributed by atoms with van der Waals surface area (Å²) in [4.78, 5) is 52.6. The Kier molecular flexibility index (Phi) is 7.56. The van der Waals surface area contributed by atoms with E-state index in [-0.39, 0.29) is 34.8 Å². The van der Waals surface area contributed by atoms with Crippen molar-refractivity contribution in [1.82, 2.24) is 4.90 Å². The smallest absolute Gasteiger partial charge is 0.416 e. The van der Waals surface area contributed by atoms with Crippen LogP contribution >= 0.6 is 39.1 Å². The molecular weight excluding hydrogens is 769 g/mol. The molecule has 3 aromatic rings. The highest BCUT2D eigenvalue weighted by atomic mass is 79.9. The molecule has 0 bridgehead atoms. The van der Waals surface area contributed by atoms with Crippen molar-refractivity contribution >= 4 is 79.2 Å². The normalized spacial score (nSPS) is 30.1. The van der Waals surface area contributed by atoms with Gasteiger partial charge in [-0.1, -0.05) is 57.9 Å². The summed E-state index contributed by atoms with van der Waals surface area (Å²) in [5.41, 5.74) is -4.26. The van der Waals surface area contributed by atoms with E-state index in [0.29, 0.717) is 27.8 Å². The number of amides is 4. The second kappa shape index (κ2) is 10.9. The summed E-state index contributed by atoms with van der Waals surface area (Å²) in [7, 11) is 0. The summed E-state index contributed by atoms with van der Waals surface area (Å²) in [5.74, 6) is -9.43. The fourth-order valence-electron chi connectivity index (χ4n) is 7.98. The summed E-state index contributed by atoms with van der Waals surface area (Å²) in [6.07, 6.45) is -9.64. The number of phenolic OH excluding ortho intramolecular Hbond substituents is 1. The molecule has 2 heterocycles. The molecule has 1 N–H and O–H groups in total. The van der Waals surface area contributed by atoms with Gasteiger partial charge in [-0.3, -0.25) is 24.1 Å². The van der Waals surface area contributed by atoms with Gasteiger partial charge in [0.05, 0.1) is 34.1 Å². The average molecular weight is 790 g/mol. The quantitative estimate of drug-likeness (QED) is 0.0976. The Hall–Kier alpha value is -3.62. The number of phenols is 1. The van der Waals surface area contributed by atoms with Crippen LogP contribution in [0.25, 0.3) is 10.8 Å². The van der Waals surface area contributed by atoms with E-state index in [1.807, 2.05) is 0 Å². The van der Waals surface area contributed by atoms with Crippen LogP contribution in [-0.2, 0) is 31.5 Å². The highest BCUT2D eigenvalue weighted by molar-refractivity contribution is 9.09. The molecule has 0 spiro atoms. The van der Waals surface area contributed by atoms with Crippen molar-refractivity contribution < 1.29 is 50.6 Å². The van der Waals surface area contributed by atoms with E-state index in [2.05, 4.69) is 15.9 Å². The third-order valence-electron chi connectivity index (χ3n) is 10.1. The lowest BCUT2D eigenvalue weighted by molar-refractivity contribution is -0.143. The number of alkyl halides is 9. The number of carbonyl (C=O) groups excluding carboxylic acids is 4. The molecular formula is C33H21BrCl2F6N2O5. The SMILES string of the molecule is O=C1C2CC=C3C(CC4(Cl)C(=O)N(CBr)C(=O)C4(Cl)C3c3c(O)ccc4ccccc34)C2C(=O)N1c1cc(C(F)(F)F)cc(C(F)(F)F)c1. The highest BCUT2D eigenvalue weighted by Gasteiger charge is 2.76. The van der Waals surface area contributed by atoms with E-state index in [0.717, 1.165) is 4.90 Å². The summed E-state index contributed by atoms with van der Waals surface area (Å²) < 4.78 is 82.4. The van der Waals surface area contributed by atoms with Crippen LogP contribution in [0.2, 0.25) is 0 Å². The molecule has 16 heteroatoms. The van der Waals surface area contributed by atoms with E-state index < -0.39 is 92.6 Å². The van der Waals surface area contributed by atoms with Gasteiger partial charge in [-0.15, -0.1) is 23.2 Å². The van der Waals surface area contributed by atoms with Gasteiger partial charge in [-0.25, -0.2) is 4.90 Å². The van der Waals surface area contributed by atoms with Gasteiger partial charge >= 0.3 is 12.4 Å². The lowest BCUT2D eigenvalue weighted by Crippen LogP contribution is -2.60. The van der Waals surface area contributed by atoms with Crippen LogP contribution in [0.15, 0.2) is 66.2 Å². The summed E-state index contributed by atoms with van der Waals surface area (Å²) in [6.45, 7) is 0. The lowest BCUT2D eigenvalue weighted by atomic mass is 9.56. The zero-order valence-corrected chi connectivity index (χ0v) is 27.7. The van der Waals surface area contributed by atoms with Crippen molar-refractivity contribution in [2.75, 3.05) is 10.4 Å². The zero-order valence-electron chi connectivity index (χ0n) is 24.6. The minimum Gasteiger partial charge on any atom is -0.508 e. The molecule has 6 unspecified atom stereocenters. The van der Waals surface area contributed by atoms with Crippen LogP contribution in [0.4, 0.5) is 32.0 Å². The number of aromatic hydroxyl groups is 1. The molecule has 7 rings (SSSR count). The van der Waals surface area contributed by atoms with Crippen LogP contribution in [0.5, 0.6) is 5.75 Å². The molecule has 4 aliphatic rings. The Bertz CT molecular complexity index is 2010. The average Bonchev–Trinajstić information content (AvgIpc) is 3.38. The number of nitrogens with zero attached hydrogens (tertiary/aromatic N) is 2. The Labute approximate surface area is 291 Å². The van der Waals surface area contributed by atoms with Crippen molar-refractivity contribution in [2.45, 2.75) is 40.9 Å². The maximum atomic E-state index is 14.2. The second-order valence-electron chi connectivity index (χ2n) is 12.5. The number of fused-ring (bicyclic) bond motifs is 5. The maximum Gasteiger partial charge on any atom is 0.416 e. The minimum atomic E-state index is -5.24. The number of benzene rings is 3. The second-order valence-corrected chi connectivity index (χ2v) is 14.2. The van der Waals surface area contributed by atoms with Gasteiger partial charge in [0.2, 0.25) is 11.8 Å². The Morgan fingerprint density at radius 3 is 2.10 bits per heavy atom. The van der Waals surface area contributed by atoms with Crippen LogP contribution in [0.3, 0.4) is 0 Å². The van der Waals surface area contributed by atoms with E-state index in [1.54, 1.807) is 30.3 Å². The van der Waals surface area contributed by atoms with Gasteiger partial charge in [-0.2, -0.15) is 26.3 Å². The number of rotatable bonds is 3. The zero-order chi connectivity index (χ0) is 35.6. The highest BCUT2D eigenvalue weighted by Crippen LogP contribution is 2.67. The standard InChI is InChI=1S/C33H21BrCl2F6N2O5/c34-13-43-28(48)30(35)12-21-19(25(31(30,36)29(43)49)24-18-4-2-1-3-14(18)5-8-22(24)45)6-7-20-23(21)27(47)44(26(20)46)17-10-15(32(37,38)39)9-16(11-17)33(40,41)42/h1-6,8-11,20-21,23,25,45H,7,12-13H2. The first-order valence-electron chi connectivity index (χ1n) is 14.7. The van der Waals surface area contributed by atoms with Crippen molar-refractivity contribution in [3.63, 3.8) is 0 Å². The predicted octanol–water partition coefficient (Wildman–Crippen LogP) is 7.50. The van der Waals surface area contributed by atoms with Gasteiger partial charge in [0, 0.05) is 11.5 Å². The largest absolute Gasteiger partial charge is 0.508 e. The third-order valence-corrected chi connectivity index (χ3v) is 12.0. The van der Waals surface area contributed by atoms with Crippen molar-refractivity contribution in [3.8, 4) is 5.75 Å². The van der Waals surface area contributed by atoms with Gasteiger partial charge in [-0.05, 0) is 53.8 Å². The summed E-state index contributed by atoms with van der Waals surface area (Å²) >= 11 is 17.5. The van der Waals surface area contributed by atoms with Gasteiger partial charge < -0.3 is 5.11 Å². The number of hydrogen-bond donors (Lipinski definition) is 1. The lowest BCUT2D eigenvalue weighted by Gasteiger charge is -2.51. The molecule has 0 aromatic heterocycles. The fraction of sp³-hybridized carbons (Fsp3) is 0.333. The monoisotopic (exact) mass is 788 g/mol. The van der Waals surface area contributed by atoms with Crippen LogP contribution < -0.4 is 4.90 Å². The van der Waals surface area contributed by atoms with E-state index in [1.165, 1.54) is 12.1 Å². The molecule has 256 valence electrons. The molecule has 1 saturated carbocycles. The number of anilines is 1. The first-order chi connectivity index (χ1) is 22.9. The maximum absolute atomic E-state index is 14.2.